The van der Waals surface area contributed by atoms with Gasteiger partial charge in [0.2, 0.25) is 0 Å². The van der Waals surface area contributed by atoms with Crippen molar-refractivity contribution in [1.29, 1.82) is 0 Å². The van der Waals surface area contributed by atoms with Gasteiger partial charge in [0.25, 0.3) is 0 Å². The molecule has 0 unspecified atom stereocenters. The van der Waals surface area contributed by atoms with Gasteiger partial charge in [-0.2, -0.15) is 0 Å². The third kappa shape index (κ3) is 17.8. The molecule has 0 spiro atoms. The minimum atomic E-state index is -2.17. The Balaban J connectivity index is -0.000000170. The Morgan fingerprint density at radius 1 is 0.714 bits per heavy atom. The number of aliphatic hydroxyl groups excluding tert-OH is 1. The van der Waals surface area contributed by atoms with Gasteiger partial charge in [0.05, 0.1) is 11.2 Å². The van der Waals surface area contributed by atoms with Crippen molar-refractivity contribution in [2.75, 3.05) is 7.11 Å². The molecule has 0 aliphatic carbocycles. The minimum absolute atomic E-state index is 1.00. The monoisotopic (exact) mass is 212 g/mol. The Hall–Kier alpha value is -0.175. The first-order valence-electron chi connectivity index (χ1n) is 3.92. The Bertz CT molecular complexity index is 99.6. The van der Waals surface area contributed by atoms with Crippen molar-refractivity contribution in [3.8, 4) is 0 Å². The Morgan fingerprint density at radius 2 is 0.786 bits per heavy atom. The van der Waals surface area contributed by atoms with Crippen LogP contribution in [0.4, 0.5) is 0 Å². The first kappa shape index (κ1) is 19.4. The molecule has 0 aromatic carbocycles. The summed E-state index contributed by atoms with van der Waals surface area (Å²) >= 11 is 0. The van der Waals surface area contributed by atoms with Crippen molar-refractivity contribution in [2.45, 2.75) is 38.9 Å². The van der Waals surface area contributed by atoms with E-state index in [4.69, 9.17) is 30.4 Å². The maximum absolute atomic E-state index is 9.10. The second kappa shape index (κ2) is 8.16. The zero-order chi connectivity index (χ0) is 12.6. The highest BCUT2D eigenvalue weighted by Gasteiger charge is 2.31. The van der Waals surface area contributed by atoms with E-state index in [0.717, 1.165) is 7.11 Å². The molecule has 0 saturated heterocycles. The molecule has 0 amide bonds. The largest absolute Gasteiger partial charge is 0.631 e. The average molecular weight is 212 g/mol. The standard InChI is InChI=1S/C6H14O2.CH4O.BH3O3/c1-5(2,7)6(3,4)8;1-2;2-1(3)4/h7-8H,1-4H3;2H,1H3;2-4H. The molecule has 0 atom stereocenters. The number of hydrogen-bond acceptors (Lipinski definition) is 6. The van der Waals surface area contributed by atoms with Crippen molar-refractivity contribution >= 4 is 7.32 Å². The predicted molar refractivity (Wildman–Crippen MR) is 53.1 cm³/mol. The van der Waals surface area contributed by atoms with Crippen LogP contribution in [0, 0.1) is 0 Å². The van der Waals surface area contributed by atoms with Crippen LogP contribution in [0.15, 0.2) is 0 Å². The summed E-state index contributed by atoms with van der Waals surface area (Å²) in [6.45, 7) is 6.31. The topological polar surface area (TPSA) is 121 Å². The highest BCUT2D eigenvalue weighted by Crippen LogP contribution is 2.19. The molecule has 0 aliphatic rings. The second-order valence-electron chi connectivity index (χ2n) is 3.46. The van der Waals surface area contributed by atoms with Gasteiger partial charge in [-0.05, 0) is 27.7 Å². The third-order valence-electron chi connectivity index (χ3n) is 1.50. The van der Waals surface area contributed by atoms with Gasteiger partial charge in [-0.15, -0.1) is 0 Å². The van der Waals surface area contributed by atoms with E-state index < -0.39 is 18.5 Å². The van der Waals surface area contributed by atoms with Crippen LogP contribution in [-0.4, -0.2) is 56.0 Å². The molecule has 6 N–H and O–H groups in total. The van der Waals surface area contributed by atoms with E-state index in [2.05, 4.69) is 0 Å². The van der Waals surface area contributed by atoms with Gasteiger partial charge < -0.3 is 30.4 Å². The summed E-state index contributed by atoms with van der Waals surface area (Å²) in [5.41, 5.74) is -2.01. The molecule has 0 rings (SSSR count). The molecule has 0 heterocycles. The fourth-order valence-electron chi connectivity index (χ4n) is 0. The SMILES string of the molecule is CC(C)(O)C(C)(C)O.CO.OB(O)O. The average Bonchev–Trinajstić information content (AvgIpc) is 1.85. The maximum atomic E-state index is 9.10. The normalized spacial score (nSPS) is 10.5. The molecule has 0 radical (unpaired) electrons. The predicted octanol–water partition coefficient (Wildman–Crippen LogP) is -1.92. The van der Waals surface area contributed by atoms with Crippen molar-refractivity contribution in [3.63, 3.8) is 0 Å². The van der Waals surface area contributed by atoms with E-state index in [-0.39, 0.29) is 0 Å². The van der Waals surface area contributed by atoms with Crippen LogP contribution in [0.3, 0.4) is 0 Å². The summed E-state index contributed by atoms with van der Waals surface area (Å²) in [5.74, 6) is 0. The molecule has 0 aromatic heterocycles. The second-order valence-corrected chi connectivity index (χ2v) is 3.46. The van der Waals surface area contributed by atoms with Crippen LogP contribution in [0.2, 0.25) is 0 Å². The van der Waals surface area contributed by atoms with Gasteiger partial charge in [0, 0.05) is 7.11 Å². The lowest BCUT2D eigenvalue weighted by Gasteiger charge is -2.31. The lowest BCUT2D eigenvalue weighted by atomic mass is 9.90. The third-order valence-corrected chi connectivity index (χ3v) is 1.50. The zero-order valence-corrected chi connectivity index (χ0v) is 9.26. The molecule has 88 valence electrons. The summed E-state index contributed by atoms with van der Waals surface area (Å²) in [5, 5.41) is 46.7. The van der Waals surface area contributed by atoms with Crippen LogP contribution in [0.5, 0.6) is 0 Å². The molecule has 0 fully saturated rings. The molecule has 0 bridgehead atoms. The molecular formula is C7H21BO6. The minimum Gasteiger partial charge on any atom is -0.402 e. The number of aliphatic hydroxyl groups is 3. The summed E-state index contributed by atoms with van der Waals surface area (Å²) in [6, 6.07) is 0. The summed E-state index contributed by atoms with van der Waals surface area (Å²) in [4.78, 5) is 0. The number of hydrogen-bond donors (Lipinski definition) is 6. The smallest absolute Gasteiger partial charge is 0.402 e. The molecule has 0 aromatic rings. The van der Waals surface area contributed by atoms with E-state index in [1.54, 1.807) is 27.7 Å². The van der Waals surface area contributed by atoms with Crippen molar-refractivity contribution in [1.82, 2.24) is 0 Å². The fourth-order valence-corrected chi connectivity index (χ4v) is 0. The van der Waals surface area contributed by atoms with Crippen molar-refractivity contribution in [2.24, 2.45) is 0 Å². The first-order valence-corrected chi connectivity index (χ1v) is 3.92. The Labute approximate surface area is 84.6 Å². The quantitative estimate of drug-likeness (QED) is 0.282. The van der Waals surface area contributed by atoms with Crippen LogP contribution in [-0.2, 0) is 0 Å². The van der Waals surface area contributed by atoms with Crippen LogP contribution in [0.25, 0.3) is 0 Å². The van der Waals surface area contributed by atoms with Crippen LogP contribution >= 0.6 is 0 Å². The molecule has 0 saturated carbocycles. The zero-order valence-electron chi connectivity index (χ0n) is 9.26. The Kier molecular flexibility index (Phi) is 11.3. The number of rotatable bonds is 1. The van der Waals surface area contributed by atoms with Crippen molar-refractivity contribution in [3.05, 3.63) is 0 Å². The maximum Gasteiger partial charge on any atom is 0.631 e. The van der Waals surface area contributed by atoms with Crippen molar-refractivity contribution < 1.29 is 30.4 Å². The first-order chi connectivity index (χ1) is 5.98. The van der Waals surface area contributed by atoms with E-state index in [0.29, 0.717) is 0 Å². The van der Waals surface area contributed by atoms with Crippen LogP contribution < -0.4 is 0 Å². The van der Waals surface area contributed by atoms with E-state index in [1.165, 1.54) is 0 Å². The molecule has 6 nitrogen and oxygen atoms in total. The van der Waals surface area contributed by atoms with E-state index in [9.17, 15) is 0 Å². The lowest BCUT2D eigenvalue weighted by molar-refractivity contribution is -0.107. The van der Waals surface area contributed by atoms with Gasteiger partial charge in [0.1, 0.15) is 0 Å². The Morgan fingerprint density at radius 3 is 0.786 bits per heavy atom. The summed E-state index contributed by atoms with van der Waals surface area (Å²) in [7, 11) is -1.17. The van der Waals surface area contributed by atoms with E-state index in [1.807, 2.05) is 0 Å². The lowest BCUT2D eigenvalue weighted by Crippen LogP contribution is -2.44. The van der Waals surface area contributed by atoms with Gasteiger partial charge in [-0.3, -0.25) is 0 Å². The highest BCUT2D eigenvalue weighted by atomic mass is 16.5. The molecule has 14 heavy (non-hydrogen) atoms. The summed E-state index contributed by atoms with van der Waals surface area (Å²) in [6.07, 6.45) is 0. The molecular weight excluding hydrogens is 191 g/mol. The molecule has 7 heteroatoms. The van der Waals surface area contributed by atoms with Gasteiger partial charge in [-0.1, -0.05) is 0 Å². The van der Waals surface area contributed by atoms with E-state index >= 15 is 0 Å². The highest BCUT2D eigenvalue weighted by molar-refractivity contribution is 6.30. The van der Waals surface area contributed by atoms with Crippen LogP contribution in [0.1, 0.15) is 27.7 Å². The van der Waals surface area contributed by atoms with Gasteiger partial charge in [-0.25, -0.2) is 0 Å². The van der Waals surface area contributed by atoms with Gasteiger partial charge in [0.15, 0.2) is 0 Å². The summed E-state index contributed by atoms with van der Waals surface area (Å²) < 4.78 is 0. The van der Waals surface area contributed by atoms with Gasteiger partial charge >= 0.3 is 7.32 Å². The molecule has 0 aliphatic heterocycles. The fraction of sp³-hybridized carbons (Fsp3) is 1.00.